The SMILES string of the molecule is O=C(C=Cc1ccc([N+](=O)[O-])s1)Nc1ccccc1-c1nc2ccccc2o1. The van der Waals surface area contributed by atoms with Gasteiger partial charge in [0.25, 0.3) is 0 Å². The Labute approximate surface area is 163 Å². The zero-order valence-electron chi connectivity index (χ0n) is 14.4. The predicted octanol–water partition coefficient (Wildman–Crippen LogP) is 5.12. The summed E-state index contributed by atoms with van der Waals surface area (Å²) in [5.41, 5.74) is 2.61. The summed E-state index contributed by atoms with van der Waals surface area (Å²) in [6.07, 6.45) is 2.87. The molecule has 0 spiro atoms. The van der Waals surface area contributed by atoms with Crippen LogP contribution in [0.25, 0.3) is 28.6 Å². The number of oxazole rings is 1. The van der Waals surface area contributed by atoms with E-state index >= 15 is 0 Å². The Morgan fingerprint density at radius 2 is 1.89 bits per heavy atom. The molecule has 0 fully saturated rings. The summed E-state index contributed by atoms with van der Waals surface area (Å²) in [5.74, 6) is 0.0505. The molecule has 0 saturated carbocycles. The summed E-state index contributed by atoms with van der Waals surface area (Å²) < 4.78 is 5.79. The Hall–Kier alpha value is -3.78. The number of nitro groups is 1. The highest BCUT2D eigenvalue weighted by molar-refractivity contribution is 7.16. The summed E-state index contributed by atoms with van der Waals surface area (Å²) in [6, 6.07) is 17.6. The van der Waals surface area contributed by atoms with Crippen LogP contribution in [0.4, 0.5) is 10.7 Å². The van der Waals surface area contributed by atoms with Gasteiger partial charge in [-0.05, 0) is 36.4 Å². The first kappa shape index (κ1) is 17.6. The maximum Gasteiger partial charge on any atom is 0.324 e. The van der Waals surface area contributed by atoms with E-state index in [1.165, 1.54) is 18.2 Å². The molecule has 0 bridgehead atoms. The number of para-hydroxylation sites is 3. The Morgan fingerprint density at radius 1 is 1.11 bits per heavy atom. The van der Waals surface area contributed by atoms with Gasteiger partial charge in [0, 0.05) is 17.0 Å². The largest absolute Gasteiger partial charge is 0.436 e. The zero-order valence-corrected chi connectivity index (χ0v) is 15.2. The summed E-state index contributed by atoms with van der Waals surface area (Å²) in [6.45, 7) is 0. The monoisotopic (exact) mass is 391 g/mol. The number of carbonyl (C=O) groups is 1. The van der Waals surface area contributed by atoms with Crippen LogP contribution in [0.15, 0.2) is 71.2 Å². The van der Waals surface area contributed by atoms with Crippen molar-refractivity contribution in [1.82, 2.24) is 4.98 Å². The predicted molar refractivity (Wildman–Crippen MR) is 108 cm³/mol. The lowest BCUT2D eigenvalue weighted by atomic mass is 10.1. The van der Waals surface area contributed by atoms with Crippen LogP contribution in [0.1, 0.15) is 4.88 Å². The van der Waals surface area contributed by atoms with Crippen LogP contribution in [0.5, 0.6) is 0 Å². The molecule has 0 saturated heterocycles. The number of hydrogen-bond acceptors (Lipinski definition) is 6. The smallest absolute Gasteiger partial charge is 0.324 e. The van der Waals surface area contributed by atoms with Gasteiger partial charge >= 0.3 is 5.00 Å². The summed E-state index contributed by atoms with van der Waals surface area (Å²) in [4.78, 5) is 27.7. The van der Waals surface area contributed by atoms with Gasteiger partial charge in [0.1, 0.15) is 5.52 Å². The third-order valence-electron chi connectivity index (χ3n) is 3.90. The van der Waals surface area contributed by atoms with E-state index in [0.29, 0.717) is 27.6 Å². The second-order valence-corrected chi connectivity index (χ2v) is 6.88. The quantitative estimate of drug-likeness (QED) is 0.289. The molecule has 1 N–H and O–H groups in total. The fourth-order valence-electron chi connectivity index (χ4n) is 2.63. The molecule has 2 aromatic carbocycles. The Bertz CT molecular complexity index is 1180. The van der Waals surface area contributed by atoms with Crippen molar-refractivity contribution in [3.8, 4) is 11.5 Å². The Kier molecular flexibility index (Phi) is 4.69. The minimum absolute atomic E-state index is 0.0290. The van der Waals surface area contributed by atoms with E-state index in [0.717, 1.165) is 16.9 Å². The lowest BCUT2D eigenvalue weighted by Gasteiger charge is -2.06. The maximum atomic E-state index is 12.3. The number of aromatic nitrogens is 1. The molecule has 0 unspecified atom stereocenters. The normalized spacial score (nSPS) is 11.1. The van der Waals surface area contributed by atoms with Gasteiger partial charge in [0.15, 0.2) is 5.58 Å². The third-order valence-corrected chi connectivity index (χ3v) is 4.90. The van der Waals surface area contributed by atoms with Crippen molar-refractivity contribution >= 4 is 45.1 Å². The van der Waals surface area contributed by atoms with Gasteiger partial charge in [-0.2, -0.15) is 0 Å². The van der Waals surface area contributed by atoms with Crippen molar-refractivity contribution < 1.29 is 14.1 Å². The summed E-state index contributed by atoms with van der Waals surface area (Å²) in [5, 5.41) is 13.6. The van der Waals surface area contributed by atoms with E-state index in [2.05, 4.69) is 10.3 Å². The minimum atomic E-state index is -0.460. The molecular formula is C20H13N3O4S. The maximum absolute atomic E-state index is 12.3. The average Bonchev–Trinajstić information content (AvgIpc) is 3.34. The number of rotatable bonds is 5. The second kappa shape index (κ2) is 7.45. The molecule has 28 heavy (non-hydrogen) atoms. The molecule has 2 heterocycles. The van der Waals surface area contributed by atoms with Crippen LogP contribution in [-0.2, 0) is 4.79 Å². The van der Waals surface area contributed by atoms with Crippen LogP contribution in [0.2, 0.25) is 0 Å². The number of benzene rings is 2. The van der Waals surface area contributed by atoms with E-state index < -0.39 is 4.92 Å². The highest BCUT2D eigenvalue weighted by Crippen LogP contribution is 2.30. The van der Waals surface area contributed by atoms with E-state index in [1.807, 2.05) is 36.4 Å². The number of hydrogen-bond donors (Lipinski definition) is 1. The molecule has 0 radical (unpaired) electrons. The van der Waals surface area contributed by atoms with Crippen molar-refractivity contribution in [2.75, 3.05) is 5.32 Å². The van der Waals surface area contributed by atoms with Crippen LogP contribution in [-0.4, -0.2) is 15.8 Å². The average molecular weight is 391 g/mol. The molecule has 4 aromatic rings. The molecule has 4 rings (SSSR count). The van der Waals surface area contributed by atoms with E-state index in [-0.39, 0.29) is 10.9 Å². The van der Waals surface area contributed by atoms with Crippen molar-refractivity contribution in [3.63, 3.8) is 0 Å². The molecular weight excluding hydrogens is 378 g/mol. The van der Waals surface area contributed by atoms with Gasteiger partial charge in [0.2, 0.25) is 11.8 Å². The highest BCUT2D eigenvalue weighted by Gasteiger charge is 2.13. The van der Waals surface area contributed by atoms with E-state index in [9.17, 15) is 14.9 Å². The number of nitrogens with one attached hydrogen (secondary N) is 1. The van der Waals surface area contributed by atoms with Crippen molar-refractivity contribution in [2.45, 2.75) is 0 Å². The first-order chi connectivity index (χ1) is 13.6. The topological polar surface area (TPSA) is 98.3 Å². The second-order valence-electron chi connectivity index (χ2n) is 5.79. The first-order valence-electron chi connectivity index (χ1n) is 8.28. The van der Waals surface area contributed by atoms with Crippen molar-refractivity contribution in [1.29, 1.82) is 0 Å². The molecule has 8 heteroatoms. The van der Waals surface area contributed by atoms with Gasteiger partial charge in [-0.1, -0.05) is 35.6 Å². The lowest BCUT2D eigenvalue weighted by Crippen LogP contribution is -2.08. The highest BCUT2D eigenvalue weighted by atomic mass is 32.1. The number of thiophene rings is 1. The van der Waals surface area contributed by atoms with Crippen molar-refractivity contribution in [3.05, 3.63) is 81.7 Å². The van der Waals surface area contributed by atoms with Gasteiger partial charge in [0.05, 0.1) is 16.2 Å². The summed E-state index contributed by atoms with van der Waals surface area (Å²) in [7, 11) is 0. The van der Waals surface area contributed by atoms with E-state index in [1.54, 1.807) is 18.2 Å². The molecule has 0 aliphatic heterocycles. The first-order valence-corrected chi connectivity index (χ1v) is 9.10. The molecule has 0 aliphatic rings. The van der Waals surface area contributed by atoms with Crippen LogP contribution < -0.4 is 5.32 Å². The minimum Gasteiger partial charge on any atom is -0.436 e. The number of anilines is 1. The van der Waals surface area contributed by atoms with Crippen LogP contribution in [0.3, 0.4) is 0 Å². The molecule has 1 amide bonds. The Morgan fingerprint density at radius 3 is 2.68 bits per heavy atom. The molecule has 2 aromatic heterocycles. The lowest BCUT2D eigenvalue weighted by molar-refractivity contribution is -0.380. The van der Waals surface area contributed by atoms with Gasteiger partial charge in [-0.15, -0.1) is 0 Å². The van der Waals surface area contributed by atoms with Crippen LogP contribution >= 0.6 is 11.3 Å². The summed E-state index contributed by atoms with van der Waals surface area (Å²) >= 11 is 1.00. The van der Waals surface area contributed by atoms with Crippen molar-refractivity contribution in [2.24, 2.45) is 0 Å². The van der Waals surface area contributed by atoms with Gasteiger partial charge < -0.3 is 9.73 Å². The fourth-order valence-corrected chi connectivity index (χ4v) is 3.35. The fraction of sp³-hybridized carbons (Fsp3) is 0. The van der Waals surface area contributed by atoms with Crippen LogP contribution in [0, 0.1) is 10.1 Å². The number of nitrogens with zero attached hydrogens (tertiary/aromatic N) is 2. The number of amides is 1. The number of carbonyl (C=O) groups excluding carboxylic acids is 1. The molecule has 0 atom stereocenters. The molecule has 7 nitrogen and oxygen atoms in total. The zero-order chi connectivity index (χ0) is 19.5. The van der Waals surface area contributed by atoms with E-state index in [4.69, 9.17) is 4.42 Å². The standard InChI is InChI=1S/C20H13N3O4S/c24-18(11-9-13-10-12-19(28-13)23(25)26)21-15-6-2-1-5-14(15)20-22-16-7-3-4-8-17(16)27-20/h1-12H,(H,21,24). The Balaban J connectivity index is 1.55. The third kappa shape index (κ3) is 3.67. The number of fused-ring (bicyclic) bond motifs is 1. The molecule has 138 valence electrons. The van der Waals surface area contributed by atoms with Gasteiger partial charge in [-0.25, -0.2) is 4.98 Å². The van der Waals surface area contributed by atoms with Gasteiger partial charge in [-0.3, -0.25) is 14.9 Å². The molecule has 0 aliphatic carbocycles.